The quantitative estimate of drug-likeness (QED) is 0.880. The average Bonchev–Trinajstić information content (AvgIpc) is 2.37. The van der Waals surface area contributed by atoms with Crippen molar-refractivity contribution in [1.82, 2.24) is 5.32 Å². The minimum Gasteiger partial charge on any atom is -0.496 e. The maximum absolute atomic E-state index is 12.3. The first-order valence-corrected chi connectivity index (χ1v) is 6.90. The highest BCUT2D eigenvalue weighted by Gasteiger charge is 2.16. The van der Waals surface area contributed by atoms with Gasteiger partial charge in [-0.05, 0) is 49.4 Å². The summed E-state index contributed by atoms with van der Waals surface area (Å²) in [7, 11) is 1.67. The molecule has 19 heavy (non-hydrogen) atoms. The zero-order chi connectivity index (χ0) is 14.6. The van der Waals surface area contributed by atoms with Crippen LogP contribution in [0.25, 0.3) is 0 Å². The van der Waals surface area contributed by atoms with Gasteiger partial charge in [0, 0.05) is 11.6 Å². The van der Waals surface area contributed by atoms with Gasteiger partial charge in [-0.2, -0.15) is 0 Å². The van der Waals surface area contributed by atoms with E-state index in [1.807, 2.05) is 26.0 Å². The van der Waals surface area contributed by atoms with Crippen LogP contribution in [0.2, 0.25) is 0 Å². The molecule has 1 rings (SSSR count). The van der Waals surface area contributed by atoms with E-state index in [4.69, 9.17) is 4.74 Å². The van der Waals surface area contributed by atoms with Gasteiger partial charge in [-0.3, -0.25) is 4.79 Å². The number of methoxy groups -OCH3 is 1. The van der Waals surface area contributed by atoms with Gasteiger partial charge in [-0.15, -0.1) is 0 Å². The highest BCUT2D eigenvalue weighted by Crippen LogP contribution is 2.29. The topological polar surface area (TPSA) is 38.3 Å². The molecule has 0 heterocycles. The van der Waals surface area contributed by atoms with Gasteiger partial charge in [0.05, 0.1) is 7.11 Å². The van der Waals surface area contributed by atoms with Crippen molar-refractivity contribution in [2.24, 2.45) is 0 Å². The van der Waals surface area contributed by atoms with Crippen molar-refractivity contribution in [2.75, 3.05) is 7.11 Å². The number of amides is 1. The molecule has 0 spiro atoms. The molecule has 0 bridgehead atoms. The minimum atomic E-state index is -0.00333. The average molecular weight is 263 g/mol. The standard InChI is InChI=1S/C16H25NO2/c1-7-12(5)17-16(18)14-9-13(10(2)3)15(19-6)8-11(14)4/h8-10,12H,7H2,1-6H3,(H,17,18). The van der Waals surface area contributed by atoms with E-state index in [1.165, 1.54) is 0 Å². The van der Waals surface area contributed by atoms with Crippen molar-refractivity contribution in [3.63, 3.8) is 0 Å². The summed E-state index contributed by atoms with van der Waals surface area (Å²) in [5.74, 6) is 1.18. The highest BCUT2D eigenvalue weighted by atomic mass is 16.5. The summed E-state index contributed by atoms with van der Waals surface area (Å²) in [6.45, 7) is 10.2. The summed E-state index contributed by atoms with van der Waals surface area (Å²) in [5, 5.41) is 3.01. The van der Waals surface area contributed by atoms with Crippen molar-refractivity contribution in [2.45, 2.75) is 53.0 Å². The van der Waals surface area contributed by atoms with Gasteiger partial charge in [0.25, 0.3) is 5.91 Å². The van der Waals surface area contributed by atoms with Gasteiger partial charge in [0.15, 0.2) is 0 Å². The summed E-state index contributed by atoms with van der Waals surface area (Å²) in [6.07, 6.45) is 0.929. The van der Waals surface area contributed by atoms with Crippen molar-refractivity contribution in [1.29, 1.82) is 0 Å². The van der Waals surface area contributed by atoms with Crippen LogP contribution in [-0.2, 0) is 0 Å². The second-order valence-electron chi connectivity index (χ2n) is 5.35. The number of hydrogen-bond acceptors (Lipinski definition) is 2. The van der Waals surface area contributed by atoms with E-state index in [9.17, 15) is 4.79 Å². The Morgan fingerprint density at radius 3 is 2.42 bits per heavy atom. The fourth-order valence-electron chi connectivity index (χ4n) is 1.97. The van der Waals surface area contributed by atoms with E-state index in [0.717, 1.165) is 28.9 Å². The Morgan fingerprint density at radius 2 is 1.95 bits per heavy atom. The lowest BCUT2D eigenvalue weighted by Gasteiger charge is -2.17. The van der Waals surface area contributed by atoms with Crippen LogP contribution >= 0.6 is 0 Å². The molecule has 0 saturated heterocycles. The smallest absolute Gasteiger partial charge is 0.251 e. The van der Waals surface area contributed by atoms with E-state index in [2.05, 4.69) is 26.1 Å². The molecular weight excluding hydrogens is 238 g/mol. The number of ether oxygens (including phenoxy) is 1. The van der Waals surface area contributed by atoms with Crippen LogP contribution in [0, 0.1) is 6.92 Å². The first-order chi connectivity index (χ1) is 8.90. The Morgan fingerprint density at radius 1 is 1.32 bits per heavy atom. The predicted molar refractivity (Wildman–Crippen MR) is 79.0 cm³/mol. The second-order valence-corrected chi connectivity index (χ2v) is 5.35. The predicted octanol–water partition coefficient (Wildman–Crippen LogP) is 3.66. The van der Waals surface area contributed by atoms with Gasteiger partial charge in [-0.1, -0.05) is 20.8 Å². The highest BCUT2D eigenvalue weighted by molar-refractivity contribution is 5.96. The maximum Gasteiger partial charge on any atom is 0.251 e. The summed E-state index contributed by atoms with van der Waals surface area (Å²) in [5.41, 5.74) is 2.76. The third-order valence-corrected chi connectivity index (χ3v) is 3.43. The third-order valence-electron chi connectivity index (χ3n) is 3.43. The molecule has 0 fully saturated rings. The first kappa shape index (κ1) is 15.5. The van der Waals surface area contributed by atoms with Crippen molar-refractivity contribution in [3.8, 4) is 5.75 Å². The third kappa shape index (κ3) is 3.72. The van der Waals surface area contributed by atoms with Crippen LogP contribution in [0.5, 0.6) is 5.75 Å². The Balaban J connectivity index is 3.14. The Bertz CT molecular complexity index is 452. The van der Waals surface area contributed by atoms with Crippen molar-refractivity contribution in [3.05, 3.63) is 28.8 Å². The molecule has 1 N–H and O–H groups in total. The summed E-state index contributed by atoms with van der Waals surface area (Å²) in [4.78, 5) is 12.3. The van der Waals surface area contributed by atoms with Gasteiger partial charge in [0.2, 0.25) is 0 Å². The van der Waals surface area contributed by atoms with Gasteiger partial charge in [0.1, 0.15) is 5.75 Å². The van der Waals surface area contributed by atoms with Crippen LogP contribution < -0.4 is 10.1 Å². The number of aryl methyl sites for hydroxylation is 1. The lowest BCUT2D eigenvalue weighted by Crippen LogP contribution is -2.32. The number of hydrogen-bond donors (Lipinski definition) is 1. The fourth-order valence-corrected chi connectivity index (χ4v) is 1.97. The molecule has 3 heteroatoms. The van der Waals surface area contributed by atoms with E-state index in [1.54, 1.807) is 7.11 Å². The largest absolute Gasteiger partial charge is 0.496 e. The van der Waals surface area contributed by atoms with Crippen LogP contribution in [0.1, 0.15) is 61.5 Å². The lowest BCUT2D eigenvalue weighted by atomic mass is 9.96. The van der Waals surface area contributed by atoms with Crippen molar-refractivity contribution >= 4 is 5.91 Å². The van der Waals surface area contributed by atoms with Crippen LogP contribution in [0.15, 0.2) is 12.1 Å². The summed E-state index contributed by atoms with van der Waals surface area (Å²) in [6, 6.07) is 4.09. The molecule has 1 unspecified atom stereocenters. The molecule has 0 aliphatic rings. The van der Waals surface area contributed by atoms with Crippen LogP contribution in [0.4, 0.5) is 0 Å². The van der Waals surface area contributed by atoms with Gasteiger partial charge < -0.3 is 10.1 Å². The number of carbonyl (C=O) groups excluding carboxylic acids is 1. The molecule has 3 nitrogen and oxygen atoms in total. The van der Waals surface area contributed by atoms with E-state index in [0.29, 0.717) is 5.92 Å². The molecule has 0 aliphatic carbocycles. The van der Waals surface area contributed by atoms with E-state index >= 15 is 0 Å². The molecule has 0 radical (unpaired) electrons. The lowest BCUT2D eigenvalue weighted by molar-refractivity contribution is 0.0938. The molecule has 1 atom stereocenters. The molecule has 0 aromatic heterocycles. The van der Waals surface area contributed by atoms with E-state index in [-0.39, 0.29) is 11.9 Å². The molecule has 1 aromatic rings. The second kappa shape index (κ2) is 6.60. The van der Waals surface area contributed by atoms with Crippen LogP contribution in [-0.4, -0.2) is 19.1 Å². The normalized spacial score (nSPS) is 12.4. The number of benzene rings is 1. The number of carbonyl (C=O) groups is 1. The summed E-state index contributed by atoms with van der Waals surface area (Å²) >= 11 is 0. The molecule has 1 aromatic carbocycles. The zero-order valence-corrected chi connectivity index (χ0v) is 12.8. The Hall–Kier alpha value is -1.51. The van der Waals surface area contributed by atoms with Gasteiger partial charge in [-0.25, -0.2) is 0 Å². The Labute approximate surface area is 116 Å². The monoisotopic (exact) mass is 263 g/mol. The van der Waals surface area contributed by atoms with Gasteiger partial charge >= 0.3 is 0 Å². The maximum atomic E-state index is 12.3. The molecule has 106 valence electrons. The van der Waals surface area contributed by atoms with Crippen LogP contribution in [0.3, 0.4) is 0 Å². The first-order valence-electron chi connectivity index (χ1n) is 6.90. The summed E-state index contributed by atoms with van der Waals surface area (Å²) < 4.78 is 5.39. The zero-order valence-electron chi connectivity index (χ0n) is 12.8. The SMILES string of the molecule is CCC(C)NC(=O)c1cc(C(C)C)c(OC)cc1C. The molecule has 0 saturated carbocycles. The fraction of sp³-hybridized carbons (Fsp3) is 0.562. The Kier molecular flexibility index (Phi) is 5.40. The molecule has 0 aliphatic heterocycles. The molecular formula is C16H25NO2. The van der Waals surface area contributed by atoms with E-state index < -0.39 is 0 Å². The number of rotatable bonds is 5. The minimum absolute atomic E-state index is 0.00333. The molecule has 1 amide bonds. The number of nitrogens with one attached hydrogen (secondary N) is 1. The van der Waals surface area contributed by atoms with Crippen molar-refractivity contribution < 1.29 is 9.53 Å².